The van der Waals surface area contributed by atoms with E-state index in [0.717, 1.165) is 36.2 Å². The Hall–Kier alpha value is -1.91. The molecular formula is C26H38N2O5S2. The molecule has 0 radical (unpaired) electrons. The normalized spacial score (nSPS) is 19.0. The standard InChI is InChI=1S/C26H38N2O5S2/c1-7-8-12-21-17-28(20-13-10-9-11-14-20)22-16-23(32-5)19(15-24(22)35(30,31)27(21)4)18-34-26(2,3)25(29)33-6/h9-11,13-16,21,30-31H,7-8,12,17-18H2,1-6H3. The highest BCUT2D eigenvalue weighted by atomic mass is 32.3. The molecule has 0 spiro atoms. The maximum atomic E-state index is 12.2. The average molecular weight is 523 g/mol. The molecule has 1 atom stereocenters. The summed E-state index contributed by atoms with van der Waals surface area (Å²) in [4.78, 5) is 14.8. The topological polar surface area (TPSA) is 82.5 Å². The second-order valence-electron chi connectivity index (χ2n) is 9.23. The Labute approximate surface area is 215 Å². The Morgan fingerprint density at radius 1 is 1.20 bits per heavy atom. The fourth-order valence-electron chi connectivity index (χ4n) is 4.24. The molecule has 2 aromatic carbocycles. The van der Waals surface area contributed by atoms with Crippen molar-refractivity contribution in [3.8, 4) is 5.75 Å². The number of methoxy groups -OCH3 is 2. The van der Waals surface area contributed by atoms with Crippen molar-refractivity contribution < 1.29 is 23.4 Å². The number of likely N-dealkylation sites (N-methyl/N-ethyl adjacent to an activating group) is 1. The lowest BCUT2D eigenvalue weighted by molar-refractivity contribution is -0.142. The summed E-state index contributed by atoms with van der Waals surface area (Å²) in [6, 6.07) is 13.7. The molecule has 194 valence electrons. The maximum absolute atomic E-state index is 12.2. The fraction of sp³-hybridized carbons (Fsp3) is 0.500. The van der Waals surface area contributed by atoms with Gasteiger partial charge in [-0.05, 0) is 38.5 Å². The number of hydrogen-bond acceptors (Lipinski definition) is 8. The van der Waals surface area contributed by atoms with Gasteiger partial charge in [0, 0.05) is 42.7 Å². The molecule has 2 N–H and O–H groups in total. The van der Waals surface area contributed by atoms with Crippen LogP contribution in [0, 0.1) is 0 Å². The zero-order chi connectivity index (χ0) is 25.8. The van der Waals surface area contributed by atoms with Crippen molar-refractivity contribution in [3.05, 3.63) is 48.0 Å². The molecule has 0 aliphatic carbocycles. The summed E-state index contributed by atoms with van der Waals surface area (Å²) >= 11 is 1.42. The Morgan fingerprint density at radius 2 is 1.89 bits per heavy atom. The number of thioether (sulfide) groups is 1. The van der Waals surface area contributed by atoms with Gasteiger partial charge in [-0.15, -0.1) is 22.5 Å². The van der Waals surface area contributed by atoms with Crippen LogP contribution < -0.4 is 9.64 Å². The van der Waals surface area contributed by atoms with E-state index < -0.39 is 15.5 Å². The fourth-order valence-corrected chi connectivity index (χ4v) is 6.83. The number of anilines is 2. The molecule has 1 heterocycles. The van der Waals surface area contributed by atoms with Crippen LogP contribution in [0.25, 0.3) is 0 Å². The number of nitrogens with zero attached hydrogens (tertiary/aromatic N) is 2. The van der Waals surface area contributed by atoms with Gasteiger partial charge in [-0.3, -0.25) is 13.9 Å². The molecule has 35 heavy (non-hydrogen) atoms. The molecule has 3 rings (SSSR count). The molecular weight excluding hydrogens is 484 g/mol. The first-order valence-corrected chi connectivity index (χ1v) is 14.3. The number of unbranched alkanes of at least 4 members (excludes halogenated alkanes) is 1. The Bertz CT molecular complexity index is 1020. The van der Waals surface area contributed by atoms with Crippen LogP contribution in [0.5, 0.6) is 5.75 Å². The van der Waals surface area contributed by atoms with E-state index in [1.54, 1.807) is 18.5 Å². The lowest BCUT2D eigenvalue weighted by Gasteiger charge is -2.43. The van der Waals surface area contributed by atoms with Crippen molar-refractivity contribution in [3.63, 3.8) is 0 Å². The van der Waals surface area contributed by atoms with E-state index in [9.17, 15) is 13.9 Å². The summed E-state index contributed by atoms with van der Waals surface area (Å²) in [5, 5.41) is 0. The minimum absolute atomic E-state index is 0.0466. The third-order valence-corrected chi connectivity index (χ3v) is 9.84. The minimum atomic E-state index is -3.26. The predicted molar refractivity (Wildman–Crippen MR) is 146 cm³/mol. The highest BCUT2D eigenvalue weighted by Crippen LogP contribution is 2.59. The Kier molecular flexibility index (Phi) is 9.04. The average Bonchev–Trinajstić information content (AvgIpc) is 2.93. The highest BCUT2D eigenvalue weighted by molar-refractivity contribution is 8.22. The van der Waals surface area contributed by atoms with E-state index in [0.29, 0.717) is 22.9 Å². The molecule has 7 nitrogen and oxygen atoms in total. The molecule has 0 saturated heterocycles. The summed E-state index contributed by atoms with van der Waals surface area (Å²) in [5.74, 6) is 0.777. The van der Waals surface area contributed by atoms with Gasteiger partial charge in [-0.1, -0.05) is 38.0 Å². The molecule has 1 aliphatic rings. The molecule has 1 aliphatic heterocycles. The Morgan fingerprint density at radius 3 is 2.49 bits per heavy atom. The van der Waals surface area contributed by atoms with E-state index in [1.807, 2.05) is 56.3 Å². The van der Waals surface area contributed by atoms with Gasteiger partial charge in [0.25, 0.3) is 0 Å². The van der Waals surface area contributed by atoms with Crippen LogP contribution in [0.2, 0.25) is 0 Å². The molecule has 2 aromatic rings. The van der Waals surface area contributed by atoms with Crippen LogP contribution in [0.15, 0.2) is 47.4 Å². The summed E-state index contributed by atoms with van der Waals surface area (Å²) in [6.07, 6.45) is 2.89. The minimum Gasteiger partial charge on any atom is -0.496 e. The van der Waals surface area contributed by atoms with Crippen molar-refractivity contribution >= 4 is 39.9 Å². The smallest absolute Gasteiger partial charge is 0.321 e. The van der Waals surface area contributed by atoms with Crippen molar-refractivity contribution in [2.45, 2.75) is 61.5 Å². The van der Waals surface area contributed by atoms with Gasteiger partial charge in [0.2, 0.25) is 0 Å². The van der Waals surface area contributed by atoms with Crippen molar-refractivity contribution in [1.82, 2.24) is 4.31 Å². The van der Waals surface area contributed by atoms with E-state index in [2.05, 4.69) is 11.8 Å². The van der Waals surface area contributed by atoms with Crippen molar-refractivity contribution in [1.29, 1.82) is 0 Å². The van der Waals surface area contributed by atoms with Crippen LogP contribution >= 0.6 is 22.5 Å². The van der Waals surface area contributed by atoms with E-state index in [4.69, 9.17) is 9.47 Å². The van der Waals surface area contributed by atoms with Gasteiger partial charge >= 0.3 is 5.97 Å². The van der Waals surface area contributed by atoms with E-state index in [-0.39, 0.29) is 12.0 Å². The van der Waals surface area contributed by atoms with Crippen LogP contribution in [-0.4, -0.2) is 58.0 Å². The summed E-state index contributed by atoms with van der Waals surface area (Å²) in [5.41, 5.74) is 2.50. The zero-order valence-corrected chi connectivity index (χ0v) is 23.1. The number of rotatable bonds is 9. The van der Waals surface area contributed by atoms with E-state index in [1.165, 1.54) is 18.9 Å². The SMILES string of the molecule is CCCCC1CN(c2ccccc2)c2cc(OC)c(CSC(C)(C)C(=O)OC)cc2S(O)(O)N1C. The number of ether oxygens (including phenoxy) is 2. The summed E-state index contributed by atoms with van der Waals surface area (Å²) in [7, 11) is 1.52. The van der Waals surface area contributed by atoms with Gasteiger partial charge in [0.15, 0.2) is 0 Å². The molecule has 9 heteroatoms. The van der Waals surface area contributed by atoms with Gasteiger partial charge in [-0.25, -0.2) is 4.31 Å². The molecule has 0 amide bonds. The quantitative estimate of drug-likeness (QED) is 0.359. The molecule has 0 fully saturated rings. The number of esters is 1. The van der Waals surface area contributed by atoms with Crippen LogP contribution in [0.4, 0.5) is 11.4 Å². The number of carbonyl (C=O) groups is 1. The van der Waals surface area contributed by atoms with Gasteiger partial charge in [-0.2, -0.15) is 0 Å². The number of para-hydroxylation sites is 1. The lowest BCUT2D eigenvalue weighted by Crippen LogP contribution is -2.39. The predicted octanol–water partition coefficient (Wildman–Crippen LogP) is 6.55. The second kappa shape index (κ2) is 11.4. The first kappa shape index (κ1) is 27.7. The van der Waals surface area contributed by atoms with Gasteiger partial charge in [0.05, 0.1) is 24.8 Å². The van der Waals surface area contributed by atoms with Gasteiger partial charge < -0.3 is 14.4 Å². The largest absolute Gasteiger partial charge is 0.496 e. The number of carbonyl (C=O) groups excluding carboxylic acids is 1. The number of benzene rings is 2. The number of fused-ring (bicyclic) bond motifs is 1. The zero-order valence-electron chi connectivity index (χ0n) is 21.5. The van der Waals surface area contributed by atoms with Crippen molar-refractivity contribution in [2.24, 2.45) is 0 Å². The van der Waals surface area contributed by atoms with E-state index >= 15 is 0 Å². The van der Waals surface area contributed by atoms with Crippen LogP contribution in [-0.2, 0) is 15.3 Å². The molecule has 0 bridgehead atoms. The second-order valence-corrected chi connectivity index (χ2v) is 12.9. The summed E-state index contributed by atoms with van der Waals surface area (Å²) < 4.78 is 34.8. The molecule has 0 aromatic heterocycles. The van der Waals surface area contributed by atoms with Gasteiger partial charge in [0.1, 0.15) is 10.5 Å². The van der Waals surface area contributed by atoms with Crippen molar-refractivity contribution in [2.75, 3.05) is 32.7 Å². The summed E-state index contributed by atoms with van der Waals surface area (Å²) in [6.45, 7) is 6.39. The lowest BCUT2D eigenvalue weighted by atomic mass is 10.1. The molecule has 0 saturated carbocycles. The molecule has 1 unspecified atom stereocenters. The van der Waals surface area contributed by atoms with Crippen LogP contribution in [0.1, 0.15) is 45.6 Å². The third-order valence-electron chi connectivity index (χ3n) is 6.48. The monoisotopic (exact) mass is 522 g/mol. The first-order chi connectivity index (χ1) is 16.6. The third kappa shape index (κ3) is 5.91. The highest BCUT2D eigenvalue weighted by Gasteiger charge is 2.38. The van der Waals surface area contributed by atoms with Crippen LogP contribution in [0.3, 0.4) is 0 Å². The first-order valence-electron chi connectivity index (χ1n) is 11.8. The maximum Gasteiger partial charge on any atom is 0.321 e. The Balaban J connectivity index is 2.13. The number of hydrogen-bond donors (Lipinski definition) is 2.